The molecule has 0 N–H and O–H groups in total. The number of halogens is 1. The Hall–Kier alpha value is -0.490. The van der Waals surface area contributed by atoms with Crippen molar-refractivity contribution in [3.8, 4) is 0 Å². The fraction of sp³-hybridized carbons (Fsp3) is 0.600. The number of rotatable bonds is 6. The molecule has 1 rings (SSSR count). The minimum atomic E-state index is 0.614. The summed E-state index contributed by atoms with van der Waals surface area (Å²) >= 11 is 6.09. The summed E-state index contributed by atoms with van der Waals surface area (Å²) in [5.41, 5.74) is 2.77. The molecule has 1 heteroatoms. The molecule has 0 amide bonds. The quantitative estimate of drug-likeness (QED) is 0.623. The third kappa shape index (κ3) is 4.17. The Kier molecular flexibility index (Phi) is 5.90. The van der Waals surface area contributed by atoms with E-state index in [0.717, 1.165) is 18.2 Å². The van der Waals surface area contributed by atoms with Gasteiger partial charge in [-0.3, -0.25) is 0 Å². The molecule has 0 saturated heterocycles. The highest BCUT2D eigenvalue weighted by Gasteiger charge is 2.16. The highest BCUT2D eigenvalue weighted by molar-refractivity contribution is 6.18. The summed E-state index contributed by atoms with van der Waals surface area (Å²) in [6.45, 7) is 6.72. The van der Waals surface area contributed by atoms with Gasteiger partial charge in [-0.2, -0.15) is 0 Å². The predicted molar refractivity (Wildman–Crippen MR) is 73.2 cm³/mol. The van der Waals surface area contributed by atoms with E-state index in [1.807, 2.05) is 0 Å². The lowest BCUT2D eigenvalue weighted by molar-refractivity contribution is 0.363. The first-order chi connectivity index (χ1) is 7.67. The van der Waals surface area contributed by atoms with Crippen molar-refractivity contribution in [2.75, 3.05) is 5.88 Å². The highest BCUT2D eigenvalue weighted by Crippen LogP contribution is 2.23. The van der Waals surface area contributed by atoms with Crippen LogP contribution in [-0.2, 0) is 6.42 Å². The van der Waals surface area contributed by atoms with E-state index < -0.39 is 0 Å². The van der Waals surface area contributed by atoms with Gasteiger partial charge in [0.25, 0.3) is 0 Å². The Balaban J connectivity index is 2.62. The van der Waals surface area contributed by atoms with Crippen LogP contribution in [0.25, 0.3) is 0 Å². The minimum absolute atomic E-state index is 0.614. The standard InChI is InChI=1S/C15H23Cl/c1-4-6-13(3)15(11-16)10-14-8-5-7-12(2)9-14/h5,7-9,13,15H,4,6,10-11H2,1-3H3. The maximum atomic E-state index is 6.09. The van der Waals surface area contributed by atoms with Crippen LogP contribution < -0.4 is 0 Å². The lowest BCUT2D eigenvalue weighted by Gasteiger charge is -2.21. The van der Waals surface area contributed by atoms with Gasteiger partial charge in [0.15, 0.2) is 0 Å². The summed E-state index contributed by atoms with van der Waals surface area (Å²) in [7, 11) is 0. The van der Waals surface area contributed by atoms with Crippen LogP contribution in [-0.4, -0.2) is 5.88 Å². The van der Waals surface area contributed by atoms with Crippen molar-refractivity contribution >= 4 is 11.6 Å². The predicted octanol–water partition coefficient (Wildman–Crippen LogP) is 4.83. The summed E-state index contributed by atoms with van der Waals surface area (Å²) in [6.07, 6.45) is 3.65. The molecule has 2 unspecified atom stereocenters. The van der Waals surface area contributed by atoms with Crippen LogP contribution in [0.5, 0.6) is 0 Å². The second-order valence-electron chi connectivity index (χ2n) is 4.87. The maximum absolute atomic E-state index is 6.09. The molecule has 0 bridgehead atoms. The molecule has 0 aliphatic heterocycles. The van der Waals surface area contributed by atoms with Gasteiger partial charge in [0, 0.05) is 5.88 Å². The van der Waals surface area contributed by atoms with Gasteiger partial charge in [-0.25, -0.2) is 0 Å². The first-order valence-corrected chi connectivity index (χ1v) is 6.82. The van der Waals surface area contributed by atoms with Crippen LogP contribution in [0.4, 0.5) is 0 Å². The van der Waals surface area contributed by atoms with Crippen LogP contribution >= 0.6 is 11.6 Å². The van der Waals surface area contributed by atoms with Crippen molar-refractivity contribution < 1.29 is 0 Å². The molecule has 0 aromatic heterocycles. The molecular formula is C15H23Cl. The molecule has 0 aliphatic rings. The molecule has 1 aromatic carbocycles. The largest absolute Gasteiger partial charge is 0.126 e. The van der Waals surface area contributed by atoms with Crippen molar-refractivity contribution in [3.63, 3.8) is 0 Å². The molecule has 16 heavy (non-hydrogen) atoms. The lowest BCUT2D eigenvalue weighted by Crippen LogP contribution is -2.16. The Morgan fingerprint density at radius 1 is 1.31 bits per heavy atom. The fourth-order valence-corrected chi connectivity index (χ4v) is 2.65. The molecule has 0 aliphatic carbocycles. The van der Waals surface area contributed by atoms with E-state index in [1.54, 1.807) is 0 Å². The Labute approximate surface area is 105 Å². The molecule has 90 valence electrons. The summed E-state index contributed by atoms with van der Waals surface area (Å²) in [5, 5.41) is 0. The normalized spacial score (nSPS) is 14.8. The second-order valence-corrected chi connectivity index (χ2v) is 5.18. The molecule has 0 radical (unpaired) electrons. The van der Waals surface area contributed by atoms with Crippen molar-refractivity contribution in [1.29, 1.82) is 0 Å². The lowest BCUT2D eigenvalue weighted by atomic mass is 9.86. The number of alkyl halides is 1. The fourth-order valence-electron chi connectivity index (χ4n) is 2.24. The monoisotopic (exact) mass is 238 g/mol. The topological polar surface area (TPSA) is 0 Å². The average Bonchev–Trinajstić information content (AvgIpc) is 2.26. The molecule has 2 atom stereocenters. The molecule has 0 nitrogen and oxygen atoms in total. The molecule has 1 aromatic rings. The van der Waals surface area contributed by atoms with Gasteiger partial charge in [-0.05, 0) is 30.7 Å². The van der Waals surface area contributed by atoms with Gasteiger partial charge in [-0.1, -0.05) is 56.5 Å². The molecule has 0 spiro atoms. The van der Waals surface area contributed by atoms with Gasteiger partial charge >= 0.3 is 0 Å². The van der Waals surface area contributed by atoms with Gasteiger partial charge in [0.05, 0.1) is 0 Å². The van der Waals surface area contributed by atoms with Crippen LogP contribution in [0.3, 0.4) is 0 Å². The third-order valence-electron chi connectivity index (χ3n) is 3.33. The van der Waals surface area contributed by atoms with Crippen LogP contribution in [0.15, 0.2) is 24.3 Å². The van der Waals surface area contributed by atoms with E-state index in [1.165, 1.54) is 24.0 Å². The highest BCUT2D eigenvalue weighted by atomic mass is 35.5. The minimum Gasteiger partial charge on any atom is -0.126 e. The Morgan fingerprint density at radius 3 is 2.62 bits per heavy atom. The van der Waals surface area contributed by atoms with E-state index in [2.05, 4.69) is 45.0 Å². The smallest absolute Gasteiger partial charge is 0.0257 e. The average molecular weight is 239 g/mol. The zero-order chi connectivity index (χ0) is 12.0. The molecule has 0 heterocycles. The van der Waals surface area contributed by atoms with E-state index in [9.17, 15) is 0 Å². The van der Waals surface area contributed by atoms with E-state index in [-0.39, 0.29) is 0 Å². The van der Waals surface area contributed by atoms with Crippen LogP contribution in [0.2, 0.25) is 0 Å². The number of aryl methyl sites for hydroxylation is 1. The number of hydrogen-bond donors (Lipinski definition) is 0. The second kappa shape index (κ2) is 6.96. The van der Waals surface area contributed by atoms with Crippen LogP contribution in [0.1, 0.15) is 37.8 Å². The van der Waals surface area contributed by atoms with Gasteiger partial charge in [0.1, 0.15) is 0 Å². The van der Waals surface area contributed by atoms with Gasteiger partial charge in [0.2, 0.25) is 0 Å². The first kappa shape index (κ1) is 13.6. The zero-order valence-corrected chi connectivity index (χ0v) is 11.4. The van der Waals surface area contributed by atoms with Crippen molar-refractivity contribution in [1.82, 2.24) is 0 Å². The molecule has 0 saturated carbocycles. The maximum Gasteiger partial charge on any atom is 0.0257 e. The number of hydrogen-bond acceptors (Lipinski definition) is 0. The molecule has 0 fully saturated rings. The van der Waals surface area contributed by atoms with E-state index >= 15 is 0 Å². The molecular weight excluding hydrogens is 216 g/mol. The van der Waals surface area contributed by atoms with Crippen molar-refractivity contribution in [3.05, 3.63) is 35.4 Å². The van der Waals surface area contributed by atoms with Gasteiger partial charge in [-0.15, -0.1) is 11.6 Å². The van der Waals surface area contributed by atoms with E-state index in [0.29, 0.717) is 5.92 Å². The summed E-state index contributed by atoms with van der Waals surface area (Å²) in [4.78, 5) is 0. The Morgan fingerprint density at radius 2 is 2.06 bits per heavy atom. The SMILES string of the molecule is CCCC(C)C(CCl)Cc1cccc(C)c1. The first-order valence-electron chi connectivity index (χ1n) is 6.28. The van der Waals surface area contributed by atoms with E-state index in [4.69, 9.17) is 11.6 Å². The van der Waals surface area contributed by atoms with Gasteiger partial charge < -0.3 is 0 Å². The van der Waals surface area contributed by atoms with Crippen LogP contribution in [0, 0.1) is 18.8 Å². The zero-order valence-electron chi connectivity index (χ0n) is 10.7. The Bertz CT molecular complexity index is 306. The third-order valence-corrected chi connectivity index (χ3v) is 3.72. The van der Waals surface area contributed by atoms with Crippen molar-refractivity contribution in [2.24, 2.45) is 11.8 Å². The summed E-state index contributed by atoms with van der Waals surface area (Å²) < 4.78 is 0. The summed E-state index contributed by atoms with van der Waals surface area (Å²) in [6, 6.07) is 8.78. The summed E-state index contributed by atoms with van der Waals surface area (Å²) in [5.74, 6) is 2.11. The van der Waals surface area contributed by atoms with Crippen molar-refractivity contribution in [2.45, 2.75) is 40.0 Å². The number of benzene rings is 1.